The first kappa shape index (κ1) is 20.9. The molecule has 1 aliphatic heterocycles. The second-order valence-electron chi connectivity index (χ2n) is 7.15. The van der Waals surface area contributed by atoms with Crippen molar-refractivity contribution in [3.05, 3.63) is 64.5 Å². The van der Waals surface area contributed by atoms with Crippen molar-refractivity contribution in [2.75, 3.05) is 20.2 Å². The van der Waals surface area contributed by atoms with Gasteiger partial charge in [-0.1, -0.05) is 0 Å². The SMILES string of the molecule is COc1cc(C(=O)NC2CCN(C(=O)c3ccco3)CC2)ccc1OCc1cscn1. The van der Waals surface area contributed by atoms with Crippen LogP contribution in [0.2, 0.25) is 0 Å². The molecule has 8 nitrogen and oxygen atoms in total. The van der Waals surface area contributed by atoms with Gasteiger partial charge >= 0.3 is 0 Å². The molecule has 0 aliphatic carbocycles. The molecule has 1 aliphatic rings. The number of hydrogen-bond acceptors (Lipinski definition) is 7. The van der Waals surface area contributed by atoms with E-state index in [1.165, 1.54) is 17.6 Å². The van der Waals surface area contributed by atoms with Gasteiger partial charge in [0.05, 0.1) is 24.6 Å². The number of carbonyl (C=O) groups is 2. The van der Waals surface area contributed by atoms with Gasteiger partial charge < -0.3 is 24.1 Å². The van der Waals surface area contributed by atoms with Crippen LogP contribution >= 0.6 is 11.3 Å². The lowest BCUT2D eigenvalue weighted by Crippen LogP contribution is -2.46. The van der Waals surface area contributed by atoms with Gasteiger partial charge in [-0.3, -0.25) is 9.59 Å². The number of piperidine rings is 1. The minimum Gasteiger partial charge on any atom is -0.493 e. The predicted molar refractivity (Wildman–Crippen MR) is 115 cm³/mol. The van der Waals surface area contributed by atoms with Gasteiger partial charge in [0, 0.05) is 30.1 Å². The van der Waals surface area contributed by atoms with E-state index in [0.717, 1.165) is 5.69 Å². The molecule has 162 valence electrons. The van der Waals surface area contributed by atoms with Crippen molar-refractivity contribution in [1.82, 2.24) is 15.2 Å². The number of rotatable bonds is 7. The van der Waals surface area contributed by atoms with Crippen molar-refractivity contribution >= 4 is 23.2 Å². The topological polar surface area (TPSA) is 93.9 Å². The normalized spacial score (nSPS) is 14.3. The maximum absolute atomic E-state index is 12.7. The third kappa shape index (κ3) is 5.05. The summed E-state index contributed by atoms with van der Waals surface area (Å²) < 4.78 is 16.3. The van der Waals surface area contributed by atoms with Gasteiger partial charge in [-0.15, -0.1) is 11.3 Å². The Hall–Kier alpha value is -3.33. The van der Waals surface area contributed by atoms with Gasteiger partial charge in [0.2, 0.25) is 0 Å². The van der Waals surface area contributed by atoms with Crippen LogP contribution in [0.3, 0.4) is 0 Å². The summed E-state index contributed by atoms with van der Waals surface area (Å²) in [7, 11) is 1.54. The second kappa shape index (κ2) is 9.65. The van der Waals surface area contributed by atoms with E-state index in [-0.39, 0.29) is 17.9 Å². The Morgan fingerprint density at radius 2 is 2.10 bits per heavy atom. The molecule has 9 heteroatoms. The average molecular weight is 442 g/mol. The van der Waals surface area contributed by atoms with E-state index >= 15 is 0 Å². The van der Waals surface area contributed by atoms with Crippen LogP contribution in [-0.2, 0) is 6.61 Å². The van der Waals surface area contributed by atoms with Crippen molar-refractivity contribution < 1.29 is 23.5 Å². The number of ether oxygens (including phenoxy) is 2. The Morgan fingerprint density at radius 1 is 1.26 bits per heavy atom. The van der Waals surface area contributed by atoms with E-state index in [0.29, 0.717) is 55.4 Å². The third-order valence-electron chi connectivity index (χ3n) is 5.13. The fraction of sp³-hybridized carbons (Fsp3) is 0.318. The lowest BCUT2D eigenvalue weighted by Gasteiger charge is -2.31. The first-order valence-corrected chi connectivity index (χ1v) is 10.9. The van der Waals surface area contributed by atoms with Gasteiger partial charge in [0.15, 0.2) is 17.3 Å². The Kier molecular flexibility index (Phi) is 6.51. The van der Waals surface area contributed by atoms with Crippen LogP contribution in [-0.4, -0.2) is 47.9 Å². The number of benzene rings is 1. The lowest BCUT2D eigenvalue weighted by atomic mass is 10.0. The van der Waals surface area contributed by atoms with Crippen molar-refractivity contribution in [2.24, 2.45) is 0 Å². The lowest BCUT2D eigenvalue weighted by molar-refractivity contribution is 0.0667. The van der Waals surface area contributed by atoms with Gasteiger partial charge in [0.25, 0.3) is 11.8 Å². The molecule has 1 N–H and O–H groups in total. The Labute approximate surface area is 183 Å². The highest BCUT2D eigenvalue weighted by atomic mass is 32.1. The van der Waals surface area contributed by atoms with E-state index in [2.05, 4.69) is 10.3 Å². The van der Waals surface area contributed by atoms with Crippen molar-refractivity contribution in [3.63, 3.8) is 0 Å². The summed E-state index contributed by atoms with van der Waals surface area (Å²) in [6, 6.07) is 8.47. The molecule has 0 spiro atoms. The molecule has 4 rings (SSSR count). The molecule has 0 atom stereocenters. The average Bonchev–Trinajstić information content (AvgIpc) is 3.52. The Bertz CT molecular complexity index is 1010. The fourth-order valence-corrected chi connectivity index (χ4v) is 3.98. The number of nitrogens with zero attached hydrogens (tertiary/aromatic N) is 2. The van der Waals surface area contributed by atoms with Crippen LogP contribution in [0.5, 0.6) is 11.5 Å². The second-order valence-corrected chi connectivity index (χ2v) is 7.87. The molecule has 3 aromatic rings. The number of thiazole rings is 1. The van der Waals surface area contributed by atoms with E-state index in [4.69, 9.17) is 13.9 Å². The predicted octanol–water partition coefficient (Wildman–Crippen LogP) is 3.36. The molecule has 31 heavy (non-hydrogen) atoms. The molecular weight excluding hydrogens is 418 g/mol. The molecule has 2 amide bonds. The molecule has 1 aromatic carbocycles. The summed E-state index contributed by atoms with van der Waals surface area (Å²) in [6.45, 7) is 1.47. The first-order valence-electron chi connectivity index (χ1n) is 9.95. The summed E-state index contributed by atoms with van der Waals surface area (Å²) in [5.41, 5.74) is 3.08. The monoisotopic (exact) mass is 441 g/mol. The number of hydrogen-bond donors (Lipinski definition) is 1. The van der Waals surface area contributed by atoms with Gasteiger partial charge in [0.1, 0.15) is 6.61 Å². The highest BCUT2D eigenvalue weighted by Gasteiger charge is 2.26. The van der Waals surface area contributed by atoms with Crippen molar-refractivity contribution in [1.29, 1.82) is 0 Å². The maximum Gasteiger partial charge on any atom is 0.289 e. The molecule has 3 heterocycles. The number of aromatic nitrogens is 1. The van der Waals surface area contributed by atoms with Gasteiger partial charge in [-0.2, -0.15) is 0 Å². The summed E-state index contributed by atoms with van der Waals surface area (Å²) in [6.07, 6.45) is 2.86. The standard InChI is InChI=1S/C22H23N3O5S/c1-28-20-11-15(4-5-18(20)30-12-17-13-31-14-23-17)21(26)24-16-6-8-25(9-7-16)22(27)19-3-2-10-29-19/h2-5,10-11,13-14,16H,6-9,12H2,1H3,(H,24,26). The zero-order chi connectivity index (χ0) is 21.6. The minimum absolute atomic E-state index is 0.000243. The van der Waals surface area contributed by atoms with Crippen LogP contribution in [0.15, 0.2) is 51.9 Å². The Morgan fingerprint density at radius 3 is 2.77 bits per heavy atom. The maximum atomic E-state index is 12.7. The molecule has 0 saturated carbocycles. The molecule has 0 radical (unpaired) electrons. The summed E-state index contributed by atoms with van der Waals surface area (Å²) in [4.78, 5) is 31.0. The zero-order valence-corrected chi connectivity index (χ0v) is 17.9. The van der Waals surface area contributed by atoms with Gasteiger partial charge in [-0.05, 0) is 43.2 Å². The van der Waals surface area contributed by atoms with Crippen LogP contribution in [0.25, 0.3) is 0 Å². The molecule has 0 bridgehead atoms. The molecule has 1 saturated heterocycles. The van der Waals surface area contributed by atoms with Crippen molar-refractivity contribution in [3.8, 4) is 11.5 Å². The molecule has 1 fully saturated rings. The zero-order valence-electron chi connectivity index (χ0n) is 17.1. The summed E-state index contributed by atoms with van der Waals surface area (Å²) in [5, 5.41) is 4.97. The molecule has 0 unspecified atom stereocenters. The van der Waals surface area contributed by atoms with Crippen LogP contribution < -0.4 is 14.8 Å². The Balaban J connectivity index is 1.31. The van der Waals surface area contributed by atoms with E-state index < -0.39 is 0 Å². The number of nitrogens with one attached hydrogen (secondary N) is 1. The van der Waals surface area contributed by atoms with Crippen molar-refractivity contribution in [2.45, 2.75) is 25.5 Å². The molecule has 2 aromatic heterocycles. The van der Waals surface area contributed by atoms with Crippen LogP contribution in [0.4, 0.5) is 0 Å². The number of likely N-dealkylation sites (tertiary alicyclic amines) is 1. The number of carbonyl (C=O) groups excluding carboxylic acids is 2. The van der Waals surface area contributed by atoms with Crippen LogP contribution in [0, 0.1) is 0 Å². The number of furan rings is 1. The van der Waals surface area contributed by atoms with Crippen LogP contribution in [0.1, 0.15) is 39.4 Å². The molecular formula is C22H23N3O5S. The minimum atomic E-state index is -0.180. The largest absolute Gasteiger partial charge is 0.493 e. The highest BCUT2D eigenvalue weighted by molar-refractivity contribution is 7.07. The summed E-state index contributed by atoms with van der Waals surface area (Å²) >= 11 is 1.51. The van der Waals surface area contributed by atoms with E-state index in [9.17, 15) is 9.59 Å². The number of amides is 2. The number of methoxy groups -OCH3 is 1. The third-order valence-corrected chi connectivity index (χ3v) is 5.77. The quantitative estimate of drug-likeness (QED) is 0.604. The van der Waals surface area contributed by atoms with E-state index in [1.54, 1.807) is 47.9 Å². The smallest absolute Gasteiger partial charge is 0.289 e. The summed E-state index contributed by atoms with van der Waals surface area (Å²) in [5.74, 6) is 1.08. The first-order chi connectivity index (χ1) is 15.1. The van der Waals surface area contributed by atoms with Gasteiger partial charge in [-0.25, -0.2) is 4.98 Å². The van der Waals surface area contributed by atoms with E-state index in [1.807, 2.05) is 5.38 Å². The fourth-order valence-electron chi connectivity index (χ4n) is 3.44. The highest BCUT2D eigenvalue weighted by Crippen LogP contribution is 2.29.